The summed E-state index contributed by atoms with van der Waals surface area (Å²) in [4.78, 5) is 10.9. The zero-order valence-corrected chi connectivity index (χ0v) is 7.62. The van der Waals surface area contributed by atoms with Crippen LogP contribution in [0.5, 0.6) is 0 Å². The lowest BCUT2D eigenvalue weighted by molar-refractivity contribution is -0.117. The predicted octanol–water partition coefficient (Wildman–Crippen LogP) is 0.287. The summed E-state index contributed by atoms with van der Waals surface area (Å²) in [6.07, 6.45) is 9.09. The summed E-state index contributed by atoms with van der Waals surface area (Å²) in [6, 6.07) is 0.0716. The standard InChI is InChI=1S/C10H15NO2/c1-2-10(13)11-9-6-4-3-5-8(9)7-12/h1,8-9,12H,3-7H2,(H,11,13). The maximum absolute atomic E-state index is 10.9. The first-order chi connectivity index (χ1) is 6.27. The highest BCUT2D eigenvalue weighted by Crippen LogP contribution is 2.23. The molecule has 1 amide bonds. The number of carbonyl (C=O) groups is 1. The van der Waals surface area contributed by atoms with Crippen LogP contribution in [0.25, 0.3) is 0 Å². The van der Waals surface area contributed by atoms with Gasteiger partial charge >= 0.3 is 0 Å². The smallest absolute Gasteiger partial charge is 0.295 e. The fourth-order valence-corrected chi connectivity index (χ4v) is 1.83. The Kier molecular flexibility index (Phi) is 3.78. The molecule has 0 radical (unpaired) electrons. The molecular formula is C10H15NO2. The SMILES string of the molecule is C#CC(=O)NC1CCCCC1CO. The van der Waals surface area contributed by atoms with E-state index in [1.54, 1.807) is 0 Å². The fraction of sp³-hybridized carbons (Fsp3) is 0.700. The van der Waals surface area contributed by atoms with Crippen LogP contribution in [0.4, 0.5) is 0 Å². The number of rotatable bonds is 2. The number of aliphatic hydroxyl groups excluding tert-OH is 1. The normalized spacial score (nSPS) is 27.7. The second-order valence-corrected chi connectivity index (χ2v) is 3.45. The highest BCUT2D eigenvalue weighted by atomic mass is 16.3. The van der Waals surface area contributed by atoms with Gasteiger partial charge in [-0.1, -0.05) is 12.8 Å². The molecule has 1 aliphatic rings. The quantitative estimate of drug-likeness (QED) is 0.601. The maximum atomic E-state index is 10.9. The third-order valence-corrected chi connectivity index (χ3v) is 2.59. The molecule has 3 nitrogen and oxygen atoms in total. The van der Waals surface area contributed by atoms with Crippen molar-refractivity contribution >= 4 is 5.91 Å². The highest BCUT2D eigenvalue weighted by molar-refractivity contribution is 5.93. The van der Waals surface area contributed by atoms with Gasteiger partial charge in [0.15, 0.2) is 0 Å². The van der Waals surface area contributed by atoms with Gasteiger partial charge in [-0.2, -0.15) is 0 Å². The van der Waals surface area contributed by atoms with E-state index >= 15 is 0 Å². The van der Waals surface area contributed by atoms with Gasteiger partial charge in [-0.3, -0.25) is 4.79 Å². The Bertz CT molecular complexity index is 219. The van der Waals surface area contributed by atoms with Crippen LogP contribution >= 0.6 is 0 Å². The number of hydrogen-bond donors (Lipinski definition) is 2. The Morgan fingerprint density at radius 2 is 2.23 bits per heavy atom. The van der Waals surface area contributed by atoms with Gasteiger partial charge in [-0.05, 0) is 18.8 Å². The van der Waals surface area contributed by atoms with Gasteiger partial charge in [-0.15, -0.1) is 6.42 Å². The predicted molar refractivity (Wildman–Crippen MR) is 49.8 cm³/mol. The van der Waals surface area contributed by atoms with Crippen LogP contribution in [0.15, 0.2) is 0 Å². The molecule has 1 rings (SSSR count). The average molecular weight is 181 g/mol. The first kappa shape index (κ1) is 10.1. The fourth-order valence-electron chi connectivity index (χ4n) is 1.83. The second-order valence-electron chi connectivity index (χ2n) is 3.45. The summed E-state index contributed by atoms with van der Waals surface area (Å²) in [6.45, 7) is 0.134. The molecule has 0 aromatic heterocycles. The third-order valence-electron chi connectivity index (χ3n) is 2.59. The van der Waals surface area contributed by atoms with E-state index in [-0.39, 0.29) is 24.5 Å². The molecule has 2 atom stereocenters. The number of nitrogens with one attached hydrogen (secondary N) is 1. The zero-order valence-electron chi connectivity index (χ0n) is 7.62. The molecular weight excluding hydrogens is 166 g/mol. The highest BCUT2D eigenvalue weighted by Gasteiger charge is 2.25. The van der Waals surface area contributed by atoms with Gasteiger partial charge in [0, 0.05) is 18.6 Å². The van der Waals surface area contributed by atoms with Gasteiger partial charge in [0.25, 0.3) is 5.91 Å². The summed E-state index contributed by atoms with van der Waals surface area (Å²) in [5, 5.41) is 11.8. The topological polar surface area (TPSA) is 49.3 Å². The number of carbonyl (C=O) groups excluding carboxylic acids is 1. The van der Waals surface area contributed by atoms with Gasteiger partial charge in [0.2, 0.25) is 0 Å². The summed E-state index contributed by atoms with van der Waals surface area (Å²) in [5.41, 5.74) is 0. The number of hydrogen-bond acceptors (Lipinski definition) is 2. The Hall–Kier alpha value is -1.01. The second kappa shape index (κ2) is 4.88. The molecule has 2 N–H and O–H groups in total. The van der Waals surface area contributed by atoms with E-state index in [1.165, 1.54) is 0 Å². The lowest BCUT2D eigenvalue weighted by atomic mass is 9.85. The molecule has 0 spiro atoms. The van der Waals surface area contributed by atoms with Crippen molar-refractivity contribution in [3.63, 3.8) is 0 Å². The Morgan fingerprint density at radius 3 is 2.85 bits per heavy atom. The van der Waals surface area contributed by atoms with E-state index in [1.807, 2.05) is 5.92 Å². The molecule has 72 valence electrons. The van der Waals surface area contributed by atoms with Crippen molar-refractivity contribution in [2.45, 2.75) is 31.7 Å². The van der Waals surface area contributed by atoms with Crippen molar-refractivity contribution < 1.29 is 9.90 Å². The van der Waals surface area contributed by atoms with Gasteiger partial charge in [0.1, 0.15) is 0 Å². The van der Waals surface area contributed by atoms with Crippen LogP contribution in [-0.2, 0) is 4.79 Å². The van der Waals surface area contributed by atoms with E-state index in [9.17, 15) is 4.79 Å². The monoisotopic (exact) mass is 181 g/mol. The molecule has 0 heterocycles. The van der Waals surface area contributed by atoms with E-state index in [4.69, 9.17) is 11.5 Å². The Morgan fingerprint density at radius 1 is 1.54 bits per heavy atom. The Balaban J connectivity index is 2.46. The summed E-state index contributed by atoms with van der Waals surface area (Å²) < 4.78 is 0. The first-order valence-electron chi connectivity index (χ1n) is 4.66. The lowest BCUT2D eigenvalue weighted by Gasteiger charge is -2.30. The van der Waals surface area contributed by atoms with Crippen LogP contribution in [0, 0.1) is 18.3 Å². The summed E-state index contributed by atoms with van der Waals surface area (Å²) in [5.74, 6) is 1.84. The minimum absolute atomic E-state index is 0.0716. The van der Waals surface area contributed by atoms with Crippen molar-refractivity contribution in [1.82, 2.24) is 5.32 Å². The number of aliphatic hydroxyl groups is 1. The zero-order chi connectivity index (χ0) is 9.68. The van der Waals surface area contributed by atoms with Crippen molar-refractivity contribution in [3.05, 3.63) is 0 Å². The van der Waals surface area contributed by atoms with E-state index < -0.39 is 0 Å². The number of amides is 1. The Labute approximate surface area is 78.5 Å². The molecule has 0 saturated heterocycles. The van der Waals surface area contributed by atoms with Crippen LogP contribution in [0.3, 0.4) is 0 Å². The molecule has 3 heteroatoms. The average Bonchev–Trinajstić information content (AvgIpc) is 2.18. The molecule has 0 aromatic carbocycles. The maximum Gasteiger partial charge on any atom is 0.295 e. The van der Waals surface area contributed by atoms with E-state index in [0.717, 1.165) is 25.7 Å². The molecule has 2 unspecified atom stereocenters. The van der Waals surface area contributed by atoms with Gasteiger partial charge < -0.3 is 10.4 Å². The van der Waals surface area contributed by atoms with Gasteiger partial charge in [0.05, 0.1) is 0 Å². The molecule has 0 bridgehead atoms. The molecule has 1 saturated carbocycles. The molecule has 1 aliphatic carbocycles. The molecule has 1 fully saturated rings. The van der Waals surface area contributed by atoms with Crippen molar-refractivity contribution in [2.24, 2.45) is 5.92 Å². The van der Waals surface area contributed by atoms with Crippen molar-refractivity contribution in [1.29, 1.82) is 0 Å². The first-order valence-corrected chi connectivity index (χ1v) is 4.66. The van der Waals surface area contributed by atoms with Crippen LogP contribution in [0.1, 0.15) is 25.7 Å². The largest absolute Gasteiger partial charge is 0.396 e. The van der Waals surface area contributed by atoms with Crippen LogP contribution < -0.4 is 5.32 Å². The third kappa shape index (κ3) is 2.74. The van der Waals surface area contributed by atoms with Crippen LogP contribution in [0.2, 0.25) is 0 Å². The summed E-state index contributed by atoms with van der Waals surface area (Å²) >= 11 is 0. The molecule has 0 aliphatic heterocycles. The molecule has 13 heavy (non-hydrogen) atoms. The van der Waals surface area contributed by atoms with E-state index in [2.05, 4.69) is 5.32 Å². The van der Waals surface area contributed by atoms with Gasteiger partial charge in [-0.25, -0.2) is 0 Å². The minimum atomic E-state index is -0.370. The van der Waals surface area contributed by atoms with Crippen molar-refractivity contribution in [2.75, 3.05) is 6.61 Å². The molecule has 0 aromatic rings. The summed E-state index contributed by atoms with van der Waals surface area (Å²) in [7, 11) is 0. The number of terminal acetylenes is 1. The van der Waals surface area contributed by atoms with Crippen molar-refractivity contribution in [3.8, 4) is 12.3 Å². The minimum Gasteiger partial charge on any atom is -0.396 e. The van der Waals surface area contributed by atoms with E-state index in [0.29, 0.717) is 0 Å². The lowest BCUT2D eigenvalue weighted by Crippen LogP contribution is -2.42. The van der Waals surface area contributed by atoms with Crippen LogP contribution in [-0.4, -0.2) is 23.7 Å².